The van der Waals surface area contributed by atoms with Gasteiger partial charge in [0, 0.05) is 17.9 Å². The molecule has 0 fully saturated rings. The van der Waals surface area contributed by atoms with Gasteiger partial charge in [0.25, 0.3) is 0 Å². The van der Waals surface area contributed by atoms with Crippen molar-refractivity contribution in [2.24, 2.45) is 0 Å². The second kappa shape index (κ2) is 89.8. The summed E-state index contributed by atoms with van der Waals surface area (Å²) in [4.78, 5) is 61.1. The molecule has 14 heteroatoms. The van der Waals surface area contributed by atoms with Crippen molar-refractivity contribution >= 4 is 70.5 Å². The molecule has 0 atom stereocenters. The summed E-state index contributed by atoms with van der Waals surface area (Å²) >= 11 is 0. The van der Waals surface area contributed by atoms with Gasteiger partial charge in [0.1, 0.15) is 0 Å². The molecule has 3 aromatic carbocycles. The Morgan fingerprint density at radius 3 is 0.386 bits per heavy atom. The second-order valence-electron chi connectivity index (χ2n) is 27.4. The smallest absolute Gasteiger partial charge is 0.550 e. The van der Waals surface area contributed by atoms with Gasteiger partial charge in [-0.3, -0.25) is 0 Å². The Labute approximate surface area is 639 Å². The Morgan fingerprint density at radius 1 is 0.188 bits per heavy atom. The molecule has 0 N–H and O–H groups in total. The molecule has 0 aliphatic heterocycles. The van der Waals surface area contributed by atoms with E-state index in [1.54, 1.807) is 54.6 Å². The van der Waals surface area contributed by atoms with Crippen molar-refractivity contribution in [1.29, 1.82) is 0 Å². The Morgan fingerprint density at radius 2 is 0.297 bits per heavy atom. The molecule has 3 aromatic rings. The number of carbonyl (C=O) groups excluding carboxylic acids is 6. The molecule has 570 valence electrons. The molecule has 0 heterocycles. The van der Waals surface area contributed by atoms with Crippen LogP contribution in [0, 0.1) is 0 Å². The summed E-state index contributed by atoms with van der Waals surface area (Å²) < 4.78 is 0. The Balaban J connectivity index is -0.000000381. The fourth-order valence-corrected chi connectivity index (χ4v) is 11.8. The van der Waals surface area contributed by atoms with Gasteiger partial charge in [0.2, 0.25) is 0 Å². The van der Waals surface area contributed by atoms with E-state index in [0.29, 0.717) is 0 Å². The predicted octanol–water partition coefficient (Wildman–Crippen LogP) is 19.1. The van der Waals surface area contributed by atoms with Gasteiger partial charge in [-0.1, -0.05) is 458 Å². The number of aliphatic carboxylic acids is 3. The molecule has 0 amide bonds. The van der Waals surface area contributed by atoms with Crippen LogP contribution in [0.25, 0.3) is 0 Å². The zero-order chi connectivity index (χ0) is 73.2. The zero-order valence-electron chi connectivity index (χ0n) is 64.6. The van der Waals surface area contributed by atoms with Crippen molar-refractivity contribution < 1.29 is 59.4 Å². The van der Waals surface area contributed by atoms with E-state index in [-0.39, 0.29) is 70.7 Å². The summed E-state index contributed by atoms with van der Waals surface area (Å²) in [5.41, 5.74) is 0.660. The first-order chi connectivity index (χ1) is 48.2. The first-order valence-corrected chi connectivity index (χ1v) is 40.6. The van der Waals surface area contributed by atoms with Crippen molar-refractivity contribution in [3.05, 3.63) is 108 Å². The topological polar surface area (TPSA) is 241 Å². The molecular formula is C87H144Al2O12. The Bertz CT molecular complexity index is 1920. The maximum absolute atomic E-state index is 10.3. The van der Waals surface area contributed by atoms with Gasteiger partial charge in [0.05, 0.1) is 17.9 Å². The summed E-state index contributed by atoms with van der Waals surface area (Å²) in [5, 5.41) is 61.1. The van der Waals surface area contributed by atoms with Crippen LogP contribution in [0.4, 0.5) is 0 Å². The summed E-state index contributed by atoms with van der Waals surface area (Å²) in [6.45, 7) is 6.84. The molecule has 0 aromatic heterocycles. The van der Waals surface area contributed by atoms with Crippen molar-refractivity contribution in [3.8, 4) is 0 Å². The van der Waals surface area contributed by atoms with Gasteiger partial charge in [-0.05, 0) is 55.2 Å². The summed E-state index contributed by atoms with van der Waals surface area (Å²) in [5.74, 6) is -6.09. The van der Waals surface area contributed by atoms with E-state index in [1.807, 2.05) is 0 Å². The van der Waals surface area contributed by atoms with E-state index in [1.165, 1.54) is 364 Å². The normalized spacial score (nSPS) is 10.2. The molecular weight excluding hydrogens is 1290 g/mol. The third kappa shape index (κ3) is 93.5. The summed E-state index contributed by atoms with van der Waals surface area (Å²) in [7, 11) is 0. The number of hydrogen-bond donors (Lipinski definition) is 0. The third-order valence-electron chi connectivity index (χ3n) is 18.0. The van der Waals surface area contributed by atoms with Gasteiger partial charge in [0.15, 0.2) is 0 Å². The molecule has 0 unspecified atom stereocenters. The van der Waals surface area contributed by atoms with Crippen LogP contribution in [0.15, 0.2) is 91.0 Å². The number of aromatic carboxylic acids is 3. The number of benzene rings is 3. The number of carboxylic acid groups (broad SMARTS) is 6. The van der Waals surface area contributed by atoms with Crippen LogP contribution >= 0.6 is 0 Å². The Hall–Kier alpha value is -4.46. The molecule has 0 saturated heterocycles. The summed E-state index contributed by atoms with van der Waals surface area (Å²) in [6.07, 6.45) is 77.2. The van der Waals surface area contributed by atoms with Crippen LogP contribution in [-0.4, -0.2) is 70.5 Å². The predicted molar refractivity (Wildman–Crippen MR) is 413 cm³/mol. The molecule has 0 aliphatic rings. The molecule has 3 rings (SSSR count). The van der Waals surface area contributed by atoms with E-state index in [2.05, 4.69) is 20.8 Å². The van der Waals surface area contributed by atoms with Crippen molar-refractivity contribution in [2.75, 3.05) is 0 Å². The molecule has 0 spiro atoms. The average Bonchev–Trinajstić information content (AvgIpc) is 1.33. The SMILES string of the molecule is CCCCCCCCCCCCCCCCCCCCCC(=O)[O-].CCCCCCCCCCCCCCCCCCCCCC(=O)[O-].CCCCCCCCCCCCCCCCCCCCCC(=O)[O-].O=C([O-])c1ccccc1.O=C([O-])c1ccccc1.O=C([O-])c1ccccc1.[Al+3].[Al+3]. The van der Waals surface area contributed by atoms with E-state index >= 15 is 0 Å². The minimum atomic E-state index is -1.13. The monoisotopic (exact) mass is 1440 g/mol. The fraction of sp³-hybridized carbons (Fsp3) is 0.724. The maximum Gasteiger partial charge on any atom is 3.00 e. The molecule has 101 heavy (non-hydrogen) atoms. The van der Waals surface area contributed by atoms with Crippen molar-refractivity contribution in [2.45, 2.75) is 406 Å². The van der Waals surface area contributed by atoms with Crippen molar-refractivity contribution in [3.63, 3.8) is 0 Å². The molecule has 0 bridgehead atoms. The van der Waals surface area contributed by atoms with Crippen LogP contribution in [0.5, 0.6) is 0 Å². The third-order valence-corrected chi connectivity index (χ3v) is 18.0. The molecule has 12 nitrogen and oxygen atoms in total. The van der Waals surface area contributed by atoms with Crippen LogP contribution in [0.2, 0.25) is 0 Å². The summed E-state index contributed by atoms with van der Waals surface area (Å²) in [6, 6.07) is 24.2. The largest absolute Gasteiger partial charge is 3.00 e. The maximum atomic E-state index is 10.3. The molecule has 0 saturated carbocycles. The Kier molecular flexibility index (Phi) is 93.5. The van der Waals surface area contributed by atoms with Gasteiger partial charge in [-0.2, -0.15) is 0 Å². The number of hydrogen-bond acceptors (Lipinski definition) is 12. The van der Waals surface area contributed by atoms with Gasteiger partial charge in [-0.25, -0.2) is 0 Å². The number of rotatable bonds is 63. The van der Waals surface area contributed by atoms with E-state index in [0.717, 1.165) is 38.5 Å². The number of unbranched alkanes of at least 4 members (excludes halogenated alkanes) is 54. The number of carboxylic acids is 6. The van der Waals surface area contributed by atoms with Crippen LogP contribution in [0.3, 0.4) is 0 Å². The zero-order valence-corrected chi connectivity index (χ0v) is 66.9. The van der Waals surface area contributed by atoms with Crippen molar-refractivity contribution in [1.82, 2.24) is 0 Å². The van der Waals surface area contributed by atoms with E-state index < -0.39 is 35.8 Å². The van der Waals surface area contributed by atoms with Crippen LogP contribution < -0.4 is 30.6 Å². The van der Waals surface area contributed by atoms with Gasteiger partial charge >= 0.3 is 34.7 Å². The first kappa shape index (κ1) is 105. The van der Waals surface area contributed by atoms with Crippen LogP contribution in [0.1, 0.15) is 437 Å². The van der Waals surface area contributed by atoms with Gasteiger partial charge in [-0.15, -0.1) is 0 Å². The number of carbonyl (C=O) groups is 6. The average molecular weight is 1440 g/mol. The van der Waals surface area contributed by atoms with E-state index in [4.69, 9.17) is 0 Å². The first-order valence-electron chi connectivity index (χ1n) is 40.6. The second-order valence-corrected chi connectivity index (χ2v) is 27.4. The minimum Gasteiger partial charge on any atom is -0.550 e. The fourth-order valence-electron chi connectivity index (χ4n) is 11.8. The van der Waals surface area contributed by atoms with Gasteiger partial charge < -0.3 is 59.4 Å². The van der Waals surface area contributed by atoms with E-state index in [9.17, 15) is 59.4 Å². The molecule has 0 radical (unpaired) electrons. The molecule has 0 aliphatic carbocycles. The standard InChI is InChI=1S/3C22H44O2.3C7H6O2.2Al/c3*1-2-3-4-5-6-7-8-9-10-11-12-13-14-15-16-17-18-19-20-21-22(23)24;3*8-7(9)6-4-2-1-3-5-6;;/h3*2-21H2,1H3,(H,23,24);3*1-5H,(H,8,9);;/q;;;;;;2*+3/p-6. The van der Waals surface area contributed by atoms with Crippen LogP contribution in [-0.2, 0) is 14.4 Å². The minimum absolute atomic E-state index is 0. The quantitative estimate of drug-likeness (QED) is 0.0379.